The van der Waals surface area contributed by atoms with Crippen molar-refractivity contribution < 1.29 is 14.3 Å². The molecule has 0 aliphatic carbocycles. The first kappa shape index (κ1) is 26.8. The minimum atomic E-state index is -0.403. The third-order valence-electron chi connectivity index (χ3n) is 7.39. The standard InChI is InChI=1S/C33H34N4O3/c1-23(35-33(39)40-22-24-8-4-2-5-9-24)28-18-19-37(21-28)29-15-12-26(13-16-29)32(38)36-31-20-27(14-17-30(31)34)25-10-6-3-7-11-25/h2-17,20,23,28H,18-19,21-22,34H2,1H3,(H,35,39)(H,36,38)/t23-,28-/m0/s1. The second-order valence-electron chi connectivity index (χ2n) is 10.2. The molecule has 0 spiro atoms. The molecule has 4 N–H and O–H groups in total. The van der Waals surface area contributed by atoms with Crippen LogP contribution in [0.25, 0.3) is 11.1 Å². The predicted molar refractivity (Wildman–Crippen MR) is 160 cm³/mol. The Morgan fingerprint density at radius 3 is 2.35 bits per heavy atom. The van der Waals surface area contributed by atoms with Crippen LogP contribution in [0.2, 0.25) is 0 Å². The van der Waals surface area contributed by atoms with Gasteiger partial charge in [0.1, 0.15) is 6.61 Å². The summed E-state index contributed by atoms with van der Waals surface area (Å²) in [4.78, 5) is 27.6. The fourth-order valence-electron chi connectivity index (χ4n) is 4.99. The highest BCUT2D eigenvalue weighted by atomic mass is 16.5. The summed E-state index contributed by atoms with van der Waals surface area (Å²) in [6, 6.07) is 32.8. The molecule has 4 aromatic carbocycles. The molecule has 1 aliphatic heterocycles. The van der Waals surface area contributed by atoms with Crippen molar-refractivity contribution in [2.45, 2.75) is 26.0 Å². The van der Waals surface area contributed by atoms with Crippen molar-refractivity contribution in [3.05, 3.63) is 114 Å². The Labute approximate surface area is 235 Å². The molecule has 4 aromatic rings. The van der Waals surface area contributed by atoms with E-state index in [0.717, 1.165) is 41.9 Å². The normalized spacial score (nSPS) is 15.3. The number of benzene rings is 4. The number of ether oxygens (including phenoxy) is 1. The van der Waals surface area contributed by atoms with E-state index in [0.29, 0.717) is 22.9 Å². The summed E-state index contributed by atoms with van der Waals surface area (Å²) >= 11 is 0. The average molecular weight is 535 g/mol. The van der Waals surface area contributed by atoms with Crippen LogP contribution in [0.3, 0.4) is 0 Å². The molecule has 7 nitrogen and oxygen atoms in total. The van der Waals surface area contributed by atoms with E-state index in [-0.39, 0.29) is 18.6 Å². The molecule has 0 unspecified atom stereocenters. The lowest BCUT2D eigenvalue weighted by Crippen LogP contribution is -2.39. The van der Waals surface area contributed by atoms with Gasteiger partial charge < -0.3 is 26.0 Å². The molecular formula is C33H34N4O3. The van der Waals surface area contributed by atoms with Gasteiger partial charge in [-0.3, -0.25) is 4.79 Å². The molecule has 204 valence electrons. The van der Waals surface area contributed by atoms with Gasteiger partial charge >= 0.3 is 6.09 Å². The van der Waals surface area contributed by atoms with Crippen LogP contribution in [0, 0.1) is 5.92 Å². The molecule has 7 heteroatoms. The van der Waals surface area contributed by atoms with E-state index in [4.69, 9.17) is 10.5 Å². The maximum Gasteiger partial charge on any atom is 0.407 e. The van der Waals surface area contributed by atoms with Crippen LogP contribution in [0.5, 0.6) is 0 Å². The predicted octanol–water partition coefficient (Wildman–Crippen LogP) is 6.33. The van der Waals surface area contributed by atoms with E-state index >= 15 is 0 Å². The van der Waals surface area contributed by atoms with Gasteiger partial charge in [0.05, 0.1) is 11.4 Å². The topological polar surface area (TPSA) is 96.7 Å². The van der Waals surface area contributed by atoms with Gasteiger partial charge in [0.15, 0.2) is 0 Å². The molecule has 2 amide bonds. The fourth-order valence-corrected chi connectivity index (χ4v) is 4.99. The van der Waals surface area contributed by atoms with Crippen molar-refractivity contribution in [3.63, 3.8) is 0 Å². The van der Waals surface area contributed by atoms with Gasteiger partial charge in [0, 0.05) is 30.4 Å². The molecule has 0 saturated carbocycles. The number of alkyl carbamates (subject to hydrolysis) is 1. The summed E-state index contributed by atoms with van der Waals surface area (Å²) in [5.74, 6) is 0.0849. The Kier molecular flexibility index (Phi) is 8.30. The highest BCUT2D eigenvalue weighted by molar-refractivity contribution is 6.06. The van der Waals surface area contributed by atoms with Gasteiger partial charge in [-0.15, -0.1) is 0 Å². The smallest absolute Gasteiger partial charge is 0.407 e. The van der Waals surface area contributed by atoms with E-state index < -0.39 is 6.09 Å². The van der Waals surface area contributed by atoms with Gasteiger partial charge in [0.25, 0.3) is 5.91 Å². The van der Waals surface area contributed by atoms with Gasteiger partial charge in [0.2, 0.25) is 0 Å². The van der Waals surface area contributed by atoms with Gasteiger partial charge in [-0.25, -0.2) is 4.79 Å². The Bertz CT molecular complexity index is 1440. The fraction of sp³-hybridized carbons (Fsp3) is 0.212. The van der Waals surface area contributed by atoms with Crippen molar-refractivity contribution in [3.8, 4) is 11.1 Å². The molecule has 0 aromatic heterocycles. The highest BCUT2D eigenvalue weighted by Crippen LogP contribution is 2.29. The zero-order chi connectivity index (χ0) is 27.9. The first-order valence-corrected chi connectivity index (χ1v) is 13.5. The Balaban J connectivity index is 1.14. The maximum atomic E-state index is 13.0. The van der Waals surface area contributed by atoms with Crippen LogP contribution >= 0.6 is 0 Å². The number of carbonyl (C=O) groups is 2. The SMILES string of the molecule is C[C@H](NC(=O)OCc1ccccc1)[C@H]1CCN(c2ccc(C(=O)Nc3cc(-c4ccccc4)ccc3N)cc2)C1. The minimum Gasteiger partial charge on any atom is -0.445 e. The van der Waals surface area contributed by atoms with Gasteiger partial charge in [-0.05, 0) is 72.4 Å². The largest absolute Gasteiger partial charge is 0.445 e. The lowest BCUT2D eigenvalue weighted by atomic mass is 10.0. The summed E-state index contributed by atoms with van der Waals surface area (Å²) in [7, 11) is 0. The van der Waals surface area contributed by atoms with Crippen LogP contribution in [0.1, 0.15) is 29.3 Å². The number of nitrogens with two attached hydrogens (primary N) is 1. The quantitative estimate of drug-likeness (QED) is 0.230. The van der Waals surface area contributed by atoms with Gasteiger partial charge in [-0.1, -0.05) is 66.7 Å². The second-order valence-corrected chi connectivity index (χ2v) is 10.2. The number of anilines is 3. The van der Waals surface area contributed by atoms with Crippen LogP contribution in [-0.2, 0) is 11.3 Å². The third kappa shape index (κ3) is 6.61. The number of rotatable bonds is 8. The van der Waals surface area contributed by atoms with Crippen LogP contribution in [0.4, 0.5) is 21.9 Å². The van der Waals surface area contributed by atoms with Crippen LogP contribution in [-0.4, -0.2) is 31.1 Å². The van der Waals surface area contributed by atoms with Crippen molar-refractivity contribution >= 4 is 29.1 Å². The van der Waals surface area contributed by atoms with E-state index in [9.17, 15) is 9.59 Å². The summed E-state index contributed by atoms with van der Waals surface area (Å²) < 4.78 is 5.37. The number of hydrogen-bond donors (Lipinski definition) is 3. The molecule has 1 aliphatic rings. The van der Waals surface area contributed by atoms with Crippen LogP contribution in [0.15, 0.2) is 103 Å². The highest BCUT2D eigenvalue weighted by Gasteiger charge is 2.28. The molecule has 0 radical (unpaired) electrons. The first-order chi connectivity index (χ1) is 19.5. The Hall–Kier alpha value is -4.78. The number of hydrogen-bond acceptors (Lipinski definition) is 5. The number of carbonyl (C=O) groups excluding carboxylic acids is 2. The van der Waals surface area contributed by atoms with Crippen molar-refractivity contribution in [2.24, 2.45) is 5.92 Å². The number of nitrogen functional groups attached to an aromatic ring is 1. The van der Waals surface area contributed by atoms with Crippen molar-refractivity contribution in [1.29, 1.82) is 0 Å². The number of amides is 2. The number of nitrogens with zero attached hydrogens (tertiary/aromatic N) is 1. The van der Waals surface area contributed by atoms with Crippen molar-refractivity contribution in [1.82, 2.24) is 5.32 Å². The molecule has 40 heavy (non-hydrogen) atoms. The van der Waals surface area contributed by atoms with E-state index in [1.807, 2.05) is 110 Å². The van der Waals surface area contributed by atoms with Crippen LogP contribution < -0.4 is 21.3 Å². The second kappa shape index (κ2) is 12.4. The summed E-state index contributed by atoms with van der Waals surface area (Å²) in [5.41, 5.74) is 11.9. The molecule has 5 rings (SSSR count). The molecule has 1 fully saturated rings. The number of nitrogens with one attached hydrogen (secondary N) is 2. The van der Waals surface area contributed by atoms with Crippen molar-refractivity contribution in [2.75, 3.05) is 29.0 Å². The van der Waals surface area contributed by atoms with E-state index in [1.165, 1.54) is 0 Å². The zero-order valence-electron chi connectivity index (χ0n) is 22.5. The molecule has 1 saturated heterocycles. The zero-order valence-corrected chi connectivity index (χ0v) is 22.5. The van der Waals surface area contributed by atoms with E-state index in [2.05, 4.69) is 15.5 Å². The first-order valence-electron chi connectivity index (χ1n) is 13.5. The monoisotopic (exact) mass is 534 g/mol. The lowest BCUT2D eigenvalue weighted by molar-refractivity contribution is 0.102. The molecule has 2 atom stereocenters. The van der Waals surface area contributed by atoms with E-state index in [1.54, 1.807) is 0 Å². The molecule has 1 heterocycles. The van der Waals surface area contributed by atoms with Gasteiger partial charge in [-0.2, -0.15) is 0 Å². The minimum absolute atomic E-state index is 0.0181. The molecule has 0 bridgehead atoms. The molecular weight excluding hydrogens is 500 g/mol. The lowest BCUT2D eigenvalue weighted by Gasteiger charge is -2.22. The Morgan fingerprint density at radius 2 is 1.62 bits per heavy atom. The summed E-state index contributed by atoms with van der Waals surface area (Å²) in [5, 5.41) is 5.94. The summed E-state index contributed by atoms with van der Waals surface area (Å²) in [6.45, 7) is 3.96. The third-order valence-corrected chi connectivity index (χ3v) is 7.39. The average Bonchev–Trinajstić information content (AvgIpc) is 3.49. The Morgan fingerprint density at radius 1 is 0.925 bits per heavy atom. The maximum absolute atomic E-state index is 13.0. The summed E-state index contributed by atoms with van der Waals surface area (Å²) in [6.07, 6.45) is 0.555.